The molecule has 1 aromatic carbocycles. The summed E-state index contributed by atoms with van der Waals surface area (Å²) >= 11 is 5.87. The van der Waals surface area contributed by atoms with E-state index < -0.39 is 0 Å². The van der Waals surface area contributed by atoms with Crippen LogP contribution in [0.5, 0.6) is 0 Å². The van der Waals surface area contributed by atoms with Crippen molar-refractivity contribution in [2.75, 3.05) is 5.32 Å². The lowest BCUT2D eigenvalue weighted by atomic mass is 10.2. The Morgan fingerprint density at radius 1 is 1.09 bits per heavy atom. The van der Waals surface area contributed by atoms with E-state index in [1.54, 1.807) is 27.7 Å². The van der Waals surface area contributed by atoms with Crippen molar-refractivity contribution in [1.29, 1.82) is 0 Å². The molecule has 1 amide bonds. The van der Waals surface area contributed by atoms with Crippen LogP contribution in [0.4, 0.5) is 5.82 Å². The Labute approximate surface area is 138 Å². The van der Waals surface area contributed by atoms with E-state index in [0.29, 0.717) is 23.1 Å². The predicted octanol–water partition coefficient (Wildman–Crippen LogP) is 3.05. The zero-order valence-electron chi connectivity index (χ0n) is 12.6. The molecule has 0 atom stereocenters. The minimum atomic E-state index is -0.269. The molecule has 2 aromatic heterocycles. The first-order chi connectivity index (χ1) is 11.1. The smallest absolute Gasteiger partial charge is 0.277 e. The number of rotatable bonds is 5. The molecule has 0 unspecified atom stereocenters. The molecule has 0 aliphatic rings. The van der Waals surface area contributed by atoms with Crippen LogP contribution in [-0.2, 0) is 13.1 Å². The molecule has 0 spiro atoms. The van der Waals surface area contributed by atoms with E-state index in [-0.39, 0.29) is 5.91 Å². The van der Waals surface area contributed by atoms with Crippen LogP contribution in [0.3, 0.4) is 0 Å². The van der Waals surface area contributed by atoms with Gasteiger partial charge in [-0.05, 0) is 30.7 Å². The van der Waals surface area contributed by atoms with Gasteiger partial charge in [-0.25, -0.2) is 0 Å². The summed E-state index contributed by atoms with van der Waals surface area (Å²) in [5.74, 6) is 0.226. The Bertz CT molecular complexity index is 806. The molecule has 0 aliphatic carbocycles. The number of aryl methyl sites for hydroxylation is 1. The van der Waals surface area contributed by atoms with Crippen LogP contribution in [0, 0.1) is 0 Å². The van der Waals surface area contributed by atoms with Gasteiger partial charge in [0.05, 0.1) is 6.54 Å². The number of nitrogens with zero attached hydrogens (tertiary/aromatic N) is 4. The lowest BCUT2D eigenvalue weighted by Crippen LogP contribution is -2.14. The fourth-order valence-electron chi connectivity index (χ4n) is 2.13. The van der Waals surface area contributed by atoms with E-state index in [1.165, 1.54) is 0 Å². The number of anilines is 1. The largest absolute Gasteiger partial charge is 0.304 e. The van der Waals surface area contributed by atoms with Crippen molar-refractivity contribution < 1.29 is 4.79 Å². The summed E-state index contributed by atoms with van der Waals surface area (Å²) in [4.78, 5) is 12.1. The van der Waals surface area contributed by atoms with E-state index in [0.717, 1.165) is 12.1 Å². The molecule has 3 rings (SSSR count). The first-order valence-electron chi connectivity index (χ1n) is 7.27. The quantitative estimate of drug-likeness (QED) is 0.782. The fourth-order valence-corrected chi connectivity index (χ4v) is 2.26. The summed E-state index contributed by atoms with van der Waals surface area (Å²) in [6, 6.07) is 11.0. The summed E-state index contributed by atoms with van der Waals surface area (Å²) in [6.45, 7) is 3.30. The van der Waals surface area contributed by atoms with Crippen LogP contribution in [0.1, 0.15) is 23.0 Å². The van der Waals surface area contributed by atoms with Crippen LogP contribution in [0.15, 0.2) is 48.8 Å². The minimum Gasteiger partial charge on any atom is -0.304 e. The average Bonchev–Trinajstić information content (AvgIpc) is 3.19. The van der Waals surface area contributed by atoms with E-state index in [9.17, 15) is 4.79 Å². The molecule has 3 aromatic rings. The number of carbonyl (C=O) groups is 1. The van der Waals surface area contributed by atoms with E-state index in [4.69, 9.17) is 11.6 Å². The SMILES string of the molecule is CCn1ccc(C(=O)Nc2ccn(Cc3ccc(Cl)cc3)n2)n1. The maximum atomic E-state index is 12.1. The highest BCUT2D eigenvalue weighted by Gasteiger charge is 2.11. The van der Waals surface area contributed by atoms with Gasteiger partial charge >= 0.3 is 0 Å². The molecule has 0 saturated carbocycles. The molecule has 2 heterocycles. The first kappa shape index (κ1) is 15.3. The van der Waals surface area contributed by atoms with Crippen molar-refractivity contribution in [3.8, 4) is 0 Å². The van der Waals surface area contributed by atoms with Gasteiger partial charge in [-0.2, -0.15) is 10.2 Å². The summed E-state index contributed by atoms with van der Waals surface area (Å²) < 4.78 is 3.46. The topological polar surface area (TPSA) is 64.7 Å². The second kappa shape index (κ2) is 6.66. The van der Waals surface area contributed by atoms with Crippen molar-refractivity contribution in [1.82, 2.24) is 19.6 Å². The van der Waals surface area contributed by atoms with E-state index in [2.05, 4.69) is 15.5 Å². The lowest BCUT2D eigenvalue weighted by molar-refractivity contribution is 0.102. The lowest BCUT2D eigenvalue weighted by Gasteiger charge is -2.02. The number of benzene rings is 1. The molecule has 0 radical (unpaired) electrons. The number of hydrogen-bond acceptors (Lipinski definition) is 3. The molecule has 0 saturated heterocycles. The van der Waals surface area contributed by atoms with Gasteiger partial charge in [0.15, 0.2) is 11.5 Å². The second-order valence-electron chi connectivity index (χ2n) is 5.04. The van der Waals surface area contributed by atoms with Gasteiger partial charge < -0.3 is 5.32 Å². The number of aromatic nitrogens is 4. The Hall–Kier alpha value is -2.60. The van der Waals surface area contributed by atoms with Crippen molar-refractivity contribution in [2.24, 2.45) is 0 Å². The highest BCUT2D eigenvalue weighted by Crippen LogP contribution is 2.12. The number of carbonyl (C=O) groups excluding carboxylic acids is 1. The maximum Gasteiger partial charge on any atom is 0.277 e. The average molecular weight is 330 g/mol. The summed E-state index contributed by atoms with van der Waals surface area (Å²) in [6.07, 6.45) is 3.59. The Balaban J connectivity index is 1.64. The third-order valence-corrected chi connectivity index (χ3v) is 3.59. The Kier molecular flexibility index (Phi) is 4.43. The number of amides is 1. The van der Waals surface area contributed by atoms with Crippen LogP contribution in [0.2, 0.25) is 5.02 Å². The van der Waals surface area contributed by atoms with Gasteiger partial charge in [0.25, 0.3) is 5.91 Å². The Morgan fingerprint density at radius 3 is 2.52 bits per heavy atom. The van der Waals surface area contributed by atoms with Gasteiger partial charge in [0, 0.05) is 30.0 Å². The van der Waals surface area contributed by atoms with Crippen LogP contribution in [0.25, 0.3) is 0 Å². The third-order valence-electron chi connectivity index (χ3n) is 3.34. The monoisotopic (exact) mass is 329 g/mol. The zero-order chi connectivity index (χ0) is 16.2. The minimum absolute atomic E-state index is 0.269. The highest BCUT2D eigenvalue weighted by atomic mass is 35.5. The number of hydrogen-bond donors (Lipinski definition) is 1. The van der Waals surface area contributed by atoms with Gasteiger partial charge in [-0.3, -0.25) is 14.2 Å². The molecular formula is C16H16ClN5O. The van der Waals surface area contributed by atoms with Gasteiger partial charge in [-0.1, -0.05) is 23.7 Å². The predicted molar refractivity (Wildman–Crippen MR) is 88.6 cm³/mol. The molecule has 0 fully saturated rings. The van der Waals surface area contributed by atoms with Gasteiger partial charge in [0.1, 0.15) is 0 Å². The molecule has 0 bridgehead atoms. The first-order valence-corrected chi connectivity index (χ1v) is 7.64. The molecule has 7 heteroatoms. The van der Waals surface area contributed by atoms with Crippen LogP contribution in [-0.4, -0.2) is 25.5 Å². The van der Waals surface area contributed by atoms with E-state index >= 15 is 0 Å². The fraction of sp³-hybridized carbons (Fsp3) is 0.188. The highest BCUT2D eigenvalue weighted by molar-refractivity contribution is 6.30. The van der Waals surface area contributed by atoms with Crippen molar-refractivity contribution in [2.45, 2.75) is 20.0 Å². The molecular weight excluding hydrogens is 314 g/mol. The van der Waals surface area contributed by atoms with Gasteiger partial charge in [-0.15, -0.1) is 0 Å². The summed E-state index contributed by atoms with van der Waals surface area (Å²) in [5, 5.41) is 11.9. The van der Waals surface area contributed by atoms with Gasteiger partial charge in [0.2, 0.25) is 0 Å². The van der Waals surface area contributed by atoms with Crippen molar-refractivity contribution in [3.63, 3.8) is 0 Å². The van der Waals surface area contributed by atoms with E-state index in [1.807, 2.05) is 37.4 Å². The van der Waals surface area contributed by atoms with Crippen LogP contribution >= 0.6 is 11.6 Å². The molecule has 6 nitrogen and oxygen atoms in total. The van der Waals surface area contributed by atoms with Crippen molar-refractivity contribution in [3.05, 3.63) is 65.1 Å². The molecule has 118 valence electrons. The molecule has 0 aliphatic heterocycles. The number of nitrogens with one attached hydrogen (secondary N) is 1. The maximum absolute atomic E-state index is 12.1. The summed E-state index contributed by atoms with van der Waals surface area (Å²) in [5.41, 5.74) is 1.45. The van der Waals surface area contributed by atoms with Crippen molar-refractivity contribution >= 4 is 23.3 Å². The molecule has 23 heavy (non-hydrogen) atoms. The molecule has 1 N–H and O–H groups in total. The second-order valence-corrected chi connectivity index (χ2v) is 5.47. The zero-order valence-corrected chi connectivity index (χ0v) is 13.4. The Morgan fingerprint density at radius 2 is 1.83 bits per heavy atom. The van der Waals surface area contributed by atoms with Crippen LogP contribution < -0.4 is 5.32 Å². The summed E-state index contributed by atoms with van der Waals surface area (Å²) in [7, 11) is 0. The standard InChI is InChI=1S/C16H16ClN5O/c1-2-21-9-7-14(19-21)16(23)18-15-8-10-22(20-15)11-12-3-5-13(17)6-4-12/h3-10H,2,11H2,1H3,(H,18,20,23). The number of halogens is 1. The third kappa shape index (κ3) is 3.78. The normalized spacial score (nSPS) is 10.7.